The van der Waals surface area contributed by atoms with E-state index in [1.807, 2.05) is 25.1 Å². The first-order valence-corrected chi connectivity index (χ1v) is 5.22. The predicted octanol–water partition coefficient (Wildman–Crippen LogP) is 2.60. The van der Waals surface area contributed by atoms with Crippen molar-refractivity contribution in [2.75, 3.05) is 6.61 Å². The minimum absolute atomic E-state index is 0.684. The molecule has 0 aliphatic carbocycles. The molecule has 0 saturated heterocycles. The first-order chi connectivity index (χ1) is 6.29. The molecule has 4 heteroatoms. The molecule has 0 saturated carbocycles. The number of hydrogen-bond donors (Lipinski definition) is 0. The van der Waals surface area contributed by atoms with Gasteiger partial charge in [0, 0.05) is 0 Å². The van der Waals surface area contributed by atoms with Crippen LogP contribution in [0.2, 0.25) is 0 Å². The van der Waals surface area contributed by atoms with E-state index >= 15 is 0 Å². The van der Waals surface area contributed by atoms with Crippen molar-refractivity contribution in [2.24, 2.45) is 0 Å². The average Bonchev–Trinajstić information content (AvgIpc) is 2.44. The number of fused-ring (bicyclic) bond motifs is 1. The summed E-state index contributed by atoms with van der Waals surface area (Å²) in [7, 11) is 0. The highest BCUT2D eigenvalue weighted by atomic mass is 32.2. The molecule has 0 amide bonds. The lowest BCUT2D eigenvalue weighted by molar-refractivity contribution is 0.341. The van der Waals surface area contributed by atoms with E-state index in [4.69, 9.17) is 17.4 Å². The summed E-state index contributed by atoms with van der Waals surface area (Å²) in [6, 6.07) is 5.83. The quantitative estimate of drug-likeness (QED) is 0.711. The number of rotatable bonds is 2. The summed E-state index contributed by atoms with van der Waals surface area (Å²) < 4.78 is 7.15. The van der Waals surface area contributed by atoms with E-state index in [0.29, 0.717) is 10.9 Å². The van der Waals surface area contributed by atoms with E-state index in [2.05, 4.69) is 4.98 Å². The Labute approximate surface area is 86.0 Å². The van der Waals surface area contributed by atoms with Crippen molar-refractivity contribution in [3.63, 3.8) is 0 Å². The van der Waals surface area contributed by atoms with Gasteiger partial charge >= 0.3 is 0 Å². The van der Waals surface area contributed by atoms with Crippen molar-refractivity contribution < 1.29 is 4.74 Å². The van der Waals surface area contributed by atoms with Gasteiger partial charge in [0.2, 0.25) is 0 Å². The Morgan fingerprint density at radius 1 is 1.54 bits per heavy atom. The third kappa shape index (κ3) is 1.73. The van der Waals surface area contributed by atoms with Crippen LogP contribution in [0.3, 0.4) is 0 Å². The molecule has 0 spiro atoms. The average molecular weight is 210 g/mol. The van der Waals surface area contributed by atoms with Crippen molar-refractivity contribution >= 4 is 34.2 Å². The van der Waals surface area contributed by atoms with Gasteiger partial charge in [-0.15, -0.1) is 0 Å². The maximum Gasteiger partial charge on any atom is 0.119 e. The van der Waals surface area contributed by atoms with Gasteiger partial charge in [-0.3, -0.25) is 4.98 Å². The van der Waals surface area contributed by atoms with Crippen molar-refractivity contribution in [1.82, 2.24) is 4.98 Å². The predicted molar refractivity (Wildman–Crippen MR) is 56.4 cm³/mol. The Bertz CT molecular complexity index is 424. The molecule has 1 aromatic heterocycles. The van der Waals surface area contributed by atoms with Crippen molar-refractivity contribution in [3.05, 3.63) is 18.2 Å². The second-order valence-corrected chi connectivity index (χ2v) is 4.22. The highest BCUT2D eigenvalue weighted by molar-refractivity contribution is 7.63. The number of nitrogens with zero attached hydrogens (tertiary/aromatic N) is 1. The van der Waals surface area contributed by atoms with Crippen LogP contribution in [0.25, 0.3) is 10.2 Å². The van der Waals surface area contributed by atoms with Crippen LogP contribution in [0.1, 0.15) is 6.92 Å². The van der Waals surface area contributed by atoms with Gasteiger partial charge in [-0.1, -0.05) is 0 Å². The summed E-state index contributed by atoms with van der Waals surface area (Å²) in [4.78, 5) is 4.19. The Hall–Kier alpha value is -0.870. The highest BCUT2D eigenvalue weighted by Gasteiger charge is 1.95. The second kappa shape index (κ2) is 3.47. The molecule has 0 radical (unpaired) electrons. The summed E-state index contributed by atoms with van der Waals surface area (Å²) in [6.45, 7) is 2.65. The Morgan fingerprint density at radius 2 is 2.38 bits per heavy atom. The van der Waals surface area contributed by atoms with E-state index in [0.717, 1.165) is 16.0 Å². The van der Waals surface area contributed by atoms with E-state index in [-0.39, 0.29) is 0 Å². The molecule has 2 nitrogen and oxygen atoms in total. The van der Waals surface area contributed by atoms with Gasteiger partial charge in [0.05, 0.1) is 12.1 Å². The fourth-order valence-corrected chi connectivity index (χ4v) is 2.23. The maximum atomic E-state index is 5.37. The summed E-state index contributed by atoms with van der Waals surface area (Å²) in [6.07, 6.45) is 0. The number of ether oxygens (including phenoxy) is 1. The van der Waals surface area contributed by atoms with Crippen LogP contribution < -0.4 is 4.74 Å². The Morgan fingerprint density at radius 3 is 3.15 bits per heavy atom. The first kappa shape index (κ1) is 8.72. The van der Waals surface area contributed by atoms with E-state index in [9.17, 15) is 0 Å². The molecule has 0 N–H and O–H groups in total. The van der Waals surface area contributed by atoms with Crippen LogP contribution in [-0.2, 0) is 12.6 Å². The third-order valence-electron chi connectivity index (χ3n) is 1.65. The van der Waals surface area contributed by atoms with Gasteiger partial charge in [-0.2, -0.15) is 0 Å². The van der Waals surface area contributed by atoms with Crippen LogP contribution in [-0.4, -0.2) is 11.6 Å². The van der Waals surface area contributed by atoms with Crippen LogP contribution >= 0.6 is 11.3 Å². The third-order valence-corrected chi connectivity index (χ3v) is 2.81. The molecule has 1 aromatic carbocycles. The fourth-order valence-electron chi connectivity index (χ4n) is 1.14. The van der Waals surface area contributed by atoms with Gasteiger partial charge in [0.25, 0.3) is 0 Å². The molecule has 0 aliphatic rings. The van der Waals surface area contributed by atoms with E-state index < -0.39 is 0 Å². The molecule has 68 valence electrons. The fraction of sp³-hybridized carbons (Fsp3) is 0.222. The summed E-state index contributed by atoms with van der Waals surface area (Å²) in [5.74, 6) is 0.883. The maximum absolute atomic E-state index is 5.37. The van der Waals surface area contributed by atoms with Crippen LogP contribution in [0.5, 0.6) is 5.75 Å². The molecule has 0 atom stereocenters. The minimum Gasteiger partial charge on any atom is -0.494 e. The number of hydrogen-bond acceptors (Lipinski definition) is 4. The SMILES string of the molecule is CCOc1ccc2nc([S-])sc2c1. The van der Waals surface area contributed by atoms with Gasteiger partial charge in [0.1, 0.15) is 5.75 Å². The zero-order valence-electron chi connectivity index (χ0n) is 7.11. The largest absolute Gasteiger partial charge is 0.494 e. The summed E-state index contributed by atoms with van der Waals surface area (Å²) in [5, 5.41) is 0. The Kier molecular flexibility index (Phi) is 2.33. The van der Waals surface area contributed by atoms with Crippen molar-refractivity contribution in [2.45, 2.75) is 11.3 Å². The smallest absolute Gasteiger partial charge is 0.119 e. The van der Waals surface area contributed by atoms with Crippen LogP contribution in [0.15, 0.2) is 22.5 Å². The summed E-state index contributed by atoms with van der Waals surface area (Å²) >= 11 is 6.50. The molecule has 1 heterocycles. The first-order valence-electron chi connectivity index (χ1n) is 4.00. The van der Waals surface area contributed by atoms with Crippen LogP contribution in [0, 0.1) is 0 Å². The standard InChI is InChI=1S/C9H9NOS2/c1-2-11-6-3-4-7-8(5-6)13-9(12)10-7/h3-5H,2H2,1H3,(H,10,12)/p-1. The lowest BCUT2D eigenvalue weighted by Gasteiger charge is -2.02. The molecule has 2 rings (SSSR count). The van der Waals surface area contributed by atoms with Gasteiger partial charge < -0.3 is 28.7 Å². The number of aromatic nitrogens is 1. The molecule has 0 unspecified atom stereocenters. The monoisotopic (exact) mass is 210 g/mol. The molecule has 0 aliphatic heterocycles. The highest BCUT2D eigenvalue weighted by Crippen LogP contribution is 2.25. The molecular formula is C9H8NOS2-. The Balaban J connectivity index is 2.48. The van der Waals surface area contributed by atoms with Gasteiger partial charge in [0.15, 0.2) is 0 Å². The molecule has 0 bridgehead atoms. The zero-order valence-corrected chi connectivity index (χ0v) is 8.74. The van der Waals surface area contributed by atoms with Gasteiger partial charge in [-0.05, 0) is 34.2 Å². The molecule has 2 aromatic rings. The second-order valence-electron chi connectivity index (χ2n) is 2.54. The number of thiazole rings is 1. The number of benzene rings is 1. The van der Waals surface area contributed by atoms with Crippen LogP contribution in [0.4, 0.5) is 0 Å². The van der Waals surface area contributed by atoms with E-state index in [1.165, 1.54) is 11.3 Å². The molecular weight excluding hydrogens is 202 g/mol. The van der Waals surface area contributed by atoms with Crippen molar-refractivity contribution in [1.29, 1.82) is 0 Å². The lowest BCUT2D eigenvalue weighted by atomic mass is 10.3. The molecule has 13 heavy (non-hydrogen) atoms. The van der Waals surface area contributed by atoms with Crippen molar-refractivity contribution in [3.8, 4) is 5.75 Å². The van der Waals surface area contributed by atoms with Gasteiger partial charge in [-0.25, -0.2) is 0 Å². The normalized spacial score (nSPS) is 10.5. The molecule has 0 fully saturated rings. The van der Waals surface area contributed by atoms with E-state index in [1.54, 1.807) is 0 Å². The minimum atomic E-state index is 0.684. The summed E-state index contributed by atoms with van der Waals surface area (Å²) in [5.41, 5.74) is 0.957. The zero-order chi connectivity index (χ0) is 9.26. The lowest BCUT2D eigenvalue weighted by Crippen LogP contribution is -1.89. The topological polar surface area (TPSA) is 22.1 Å².